The molecule has 4 heteroatoms. The summed E-state index contributed by atoms with van der Waals surface area (Å²) in [6.07, 6.45) is 6.81. The lowest BCUT2D eigenvalue weighted by Crippen LogP contribution is -2.45. The molecule has 0 radical (unpaired) electrons. The van der Waals surface area contributed by atoms with Crippen LogP contribution in [0.3, 0.4) is 0 Å². The molecule has 0 unspecified atom stereocenters. The van der Waals surface area contributed by atoms with Crippen LogP contribution in [0, 0.1) is 6.92 Å². The Morgan fingerprint density at radius 3 is 2.32 bits per heavy atom. The first-order chi connectivity index (χ1) is 13.5. The number of aromatic nitrogens is 2. The molecule has 0 amide bonds. The Morgan fingerprint density at radius 2 is 1.64 bits per heavy atom. The molecule has 3 heterocycles. The normalized spacial score (nSPS) is 16.1. The number of hydrogen-bond acceptors (Lipinski definition) is 2. The topological polar surface area (TPSA) is 14.2 Å². The number of benzene rings is 1. The van der Waals surface area contributed by atoms with Gasteiger partial charge in [-0.3, -0.25) is 0 Å². The quantitative estimate of drug-likeness (QED) is 0.653. The highest BCUT2D eigenvalue weighted by atomic mass is 15.4. The molecule has 3 aromatic rings. The van der Waals surface area contributed by atoms with E-state index in [0.29, 0.717) is 6.17 Å². The number of pyridine rings is 2. The first kappa shape index (κ1) is 18.2. The number of anilines is 1. The van der Waals surface area contributed by atoms with Gasteiger partial charge in [0.2, 0.25) is 0 Å². The molecule has 0 saturated carbocycles. The molecule has 0 aliphatic carbocycles. The van der Waals surface area contributed by atoms with E-state index in [1.165, 1.54) is 33.9 Å². The Labute approximate surface area is 167 Å². The highest BCUT2D eigenvalue weighted by Gasteiger charge is 2.31. The number of hydrogen-bond donors (Lipinski definition) is 0. The van der Waals surface area contributed by atoms with Crippen molar-refractivity contribution in [1.82, 2.24) is 4.90 Å². The van der Waals surface area contributed by atoms with Crippen molar-refractivity contribution in [3.05, 3.63) is 78.8 Å². The van der Waals surface area contributed by atoms with Crippen LogP contribution in [0.1, 0.15) is 12.5 Å². The maximum Gasteiger partial charge on any atom is 0.283 e. The monoisotopic (exact) mass is 372 g/mol. The second-order valence-corrected chi connectivity index (χ2v) is 7.56. The van der Waals surface area contributed by atoms with Gasteiger partial charge in [0.1, 0.15) is 13.2 Å². The summed E-state index contributed by atoms with van der Waals surface area (Å²) in [6, 6.07) is 19.4. The van der Waals surface area contributed by atoms with Crippen LogP contribution in [-0.2, 0) is 14.1 Å². The highest BCUT2D eigenvalue weighted by molar-refractivity contribution is 5.67. The maximum absolute atomic E-state index is 2.30. The molecular formula is C24H28N4+2. The van der Waals surface area contributed by atoms with Crippen LogP contribution in [0.25, 0.3) is 22.5 Å². The summed E-state index contributed by atoms with van der Waals surface area (Å²) in [5, 5.41) is 0. The predicted molar refractivity (Wildman–Crippen MR) is 113 cm³/mol. The maximum atomic E-state index is 2.30. The van der Waals surface area contributed by atoms with E-state index in [0.717, 1.165) is 0 Å². The van der Waals surface area contributed by atoms with Crippen molar-refractivity contribution in [3.63, 3.8) is 0 Å². The van der Waals surface area contributed by atoms with E-state index in [2.05, 4.69) is 127 Å². The molecule has 2 aromatic heterocycles. The molecule has 1 atom stereocenters. The zero-order valence-electron chi connectivity index (χ0n) is 17.3. The molecule has 0 saturated heterocycles. The van der Waals surface area contributed by atoms with Crippen molar-refractivity contribution in [2.24, 2.45) is 14.1 Å². The third kappa shape index (κ3) is 3.05. The summed E-state index contributed by atoms with van der Waals surface area (Å²) in [7, 11) is 6.38. The van der Waals surface area contributed by atoms with Crippen molar-refractivity contribution in [2.75, 3.05) is 11.9 Å². The van der Waals surface area contributed by atoms with E-state index >= 15 is 0 Å². The predicted octanol–water partition coefficient (Wildman–Crippen LogP) is 3.55. The second kappa shape index (κ2) is 7.12. The first-order valence-electron chi connectivity index (χ1n) is 9.71. The van der Waals surface area contributed by atoms with Gasteiger partial charge in [0.15, 0.2) is 18.1 Å². The van der Waals surface area contributed by atoms with Gasteiger partial charge in [-0.2, -0.15) is 4.57 Å². The van der Waals surface area contributed by atoms with Crippen molar-refractivity contribution < 1.29 is 9.13 Å². The zero-order chi connectivity index (χ0) is 19.8. The van der Waals surface area contributed by atoms with E-state index in [-0.39, 0.29) is 0 Å². The van der Waals surface area contributed by atoms with E-state index in [9.17, 15) is 0 Å². The average Bonchev–Trinajstić information content (AvgIpc) is 3.03. The number of nitrogens with zero attached hydrogens (tertiary/aromatic N) is 4. The minimum absolute atomic E-state index is 0.303. The summed E-state index contributed by atoms with van der Waals surface area (Å²) in [5.41, 5.74) is 6.19. The SMILES string of the molecule is Cc1cc(-c2cccc(N3C=CN(C)[C@@H]3C)[n+]2C)[n+](C)cc1-c1ccccc1. The van der Waals surface area contributed by atoms with Gasteiger partial charge in [0.25, 0.3) is 11.5 Å². The fourth-order valence-electron chi connectivity index (χ4n) is 3.90. The van der Waals surface area contributed by atoms with Crippen molar-refractivity contribution >= 4 is 5.82 Å². The molecule has 142 valence electrons. The van der Waals surface area contributed by atoms with Gasteiger partial charge in [0, 0.05) is 30.9 Å². The Kier molecular flexibility index (Phi) is 4.63. The second-order valence-electron chi connectivity index (χ2n) is 7.56. The van der Waals surface area contributed by atoms with E-state index < -0.39 is 0 Å². The van der Waals surface area contributed by atoms with Gasteiger partial charge in [-0.05, 0) is 37.1 Å². The third-order valence-corrected chi connectivity index (χ3v) is 5.75. The van der Waals surface area contributed by atoms with Gasteiger partial charge >= 0.3 is 0 Å². The summed E-state index contributed by atoms with van der Waals surface area (Å²) in [6.45, 7) is 4.40. The highest BCUT2D eigenvalue weighted by Crippen LogP contribution is 2.26. The largest absolute Gasteiger partial charge is 0.339 e. The van der Waals surface area contributed by atoms with Gasteiger partial charge in [0.05, 0.1) is 7.05 Å². The minimum Gasteiger partial charge on any atom is -0.339 e. The van der Waals surface area contributed by atoms with Crippen molar-refractivity contribution in [2.45, 2.75) is 20.0 Å². The van der Waals surface area contributed by atoms with Crippen LogP contribution in [0.4, 0.5) is 5.82 Å². The molecule has 1 aromatic carbocycles. The summed E-state index contributed by atoms with van der Waals surface area (Å²) >= 11 is 0. The fraction of sp³-hybridized carbons (Fsp3) is 0.250. The fourth-order valence-corrected chi connectivity index (χ4v) is 3.90. The molecule has 1 aliphatic rings. The van der Waals surface area contributed by atoms with Crippen LogP contribution in [0.2, 0.25) is 0 Å². The van der Waals surface area contributed by atoms with Gasteiger partial charge in [-0.15, -0.1) is 0 Å². The smallest absolute Gasteiger partial charge is 0.283 e. The molecule has 0 bridgehead atoms. The molecular weight excluding hydrogens is 344 g/mol. The third-order valence-electron chi connectivity index (χ3n) is 5.75. The number of aryl methyl sites for hydroxylation is 2. The van der Waals surface area contributed by atoms with E-state index in [1.807, 2.05) is 0 Å². The Balaban J connectivity index is 1.79. The van der Waals surface area contributed by atoms with Crippen molar-refractivity contribution in [1.29, 1.82) is 0 Å². The standard InChI is InChI=1S/C24H28N4/c1-18-16-23(26(4)17-21(18)20-10-7-6-8-11-20)22-12-9-13-24(27(22)5)28-15-14-25(3)19(28)2/h6-17,19H,1-5H3/q+2/t19-/m0/s1. The van der Waals surface area contributed by atoms with Crippen LogP contribution < -0.4 is 14.0 Å². The van der Waals surface area contributed by atoms with Crippen LogP contribution in [0.5, 0.6) is 0 Å². The van der Waals surface area contributed by atoms with E-state index in [1.54, 1.807) is 0 Å². The minimum atomic E-state index is 0.303. The lowest BCUT2D eigenvalue weighted by atomic mass is 10.0. The van der Waals surface area contributed by atoms with Gasteiger partial charge in [-0.25, -0.2) is 9.47 Å². The lowest BCUT2D eigenvalue weighted by Gasteiger charge is -2.21. The Morgan fingerprint density at radius 1 is 0.893 bits per heavy atom. The lowest BCUT2D eigenvalue weighted by molar-refractivity contribution is -0.684. The van der Waals surface area contributed by atoms with Gasteiger partial charge < -0.3 is 4.90 Å². The summed E-state index contributed by atoms with van der Waals surface area (Å²) in [4.78, 5) is 4.51. The summed E-state index contributed by atoms with van der Waals surface area (Å²) in [5.74, 6) is 1.18. The molecule has 4 nitrogen and oxygen atoms in total. The molecule has 0 spiro atoms. The van der Waals surface area contributed by atoms with Gasteiger partial charge in [-0.1, -0.05) is 30.3 Å². The van der Waals surface area contributed by atoms with Crippen LogP contribution in [0.15, 0.2) is 73.2 Å². The molecule has 28 heavy (non-hydrogen) atoms. The Bertz CT molecular complexity index is 1040. The first-order valence-corrected chi connectivity index (χ1v) is 9.71. The average molecular weight is 373 g/mol. The number of rotatable bonds is 3. The van der Waals surface area contributed by atoms with Crippen LogP contribution in [-0.4, -0.2) is 18.1 Å². The Hall–Kier alpha value is -3.14. The summed E-state index contributed by atoms with van der Waals surface area (Å²) < 4.78 is 4.50. The molecule has 1 aliphatic heterocycles. The molecule has 4 rings (SSSR count). The molecule has 0 N–H and O–H groups in total. The molecule has 0 fully saturated rings. The van der Waals surface area contributed by atoms with E-state index in [4.69, 9.17) is 0 Å². The van der Waals surface area contributed by atoms with Crippen LogP contribution >= 0.6 is 0 Å². The zero-order valence-corrected chi connectivity index (χ0v) is 17.3. The van der Waals surface area contributed by atoms with Crippen molar-refractivity contribution in [3.8, 4) is 22.5 Å².